The van der Waals surface area contributed by atoms with Gasteiger partial charge in [-0.1, -0.05) is 17.8 Å². The largest absolute Gasteiger partial charge is 0.320 e. The van der Waals surface area contributed by atoms with Gasteiger partial charge in [0.1, 0.15) is 5.69 Å². The van der Waals surface area contributed by atoms with Crippen molar-refractivity contribution in [3.63, 3.8) is 0 Å². The van der Waals surface area contributed by atoms with E-state index in [0.717, 1.165) is 11.8 Å². The van der Waals surface area contributed by atoms with Gasteiger partial charge in [0.05, 0.1) is 26.6 Å². The minimum Gasteiger partial charge on any atom is -0.320 e. The van der Waals surface area contributed by atoms with Gasteiger partial charge < -0.3 is 9.88 Å². The van der Waals surface area contributed by atoms with E-state index in [0.29, 0.717) is 28.3 Å². The Kier molecular flexibility index (Phi) is 6.10. The Morgan fingerprint density at radius 1 is 1.30 bits per heavy atom. The fraction of sp³-hybridized carbons (Fsp3) is 0.222. The van der Waals surface area contributed by atoms with Crippen LogP contribution >= 0.6 is 11.8 Å². The van der Waals surface area contributed by atoms with Gasteiger partial charge in [-0.15, -0.1) is 0 Å². The topological polar surface area (TPSA) is 150 Å². The number of nitrogens with two attached hydrogens (primary N) is 1. The van der Waals surface area contributed by atoms with Crippen molar-refractivity contribution in [3.05, 3.63) is 52.1 Å². The molecule has 1 amide bonds. The van der Waals surface area contributed by atoms with E-state index >= 15 is 0 Å². The van der Waals surface area contributed by atoms with Crippen LogP contribution in [0.4, 0.5) is 11.4 Å². The number of nitro benzene ring substituents is 1. The minimum atomic E-state index is -3.85. The number of nitrogens with one attached hydrogen (secondary N) is 1. The van der Waals surface area contributed by atoms with Gasteiger partial charge in [0.25, 0.3) is 5.69 Å². The highest BCUT2D eigenvalue weighted by molar-refractivity contribution is 7.99. The quantitative estimate of drug-likeness (QED) is 0.320. The molecule has 0 fully saturated rings. The summed E-state index contributed by atoms with van der Waals surface area (Å²) in [5, 5.41) is 19.4. The molecule has 0 saturated carbocycles. The van der Waals surface area contributed by atoms with Crippen molar-refractivity contribution >= 4 is 50.1 Å². The summed E-state index contributed by atoms with van der Waals surface area (Å²) >= 11 is 1.14. The van der Waals surface area contributed by atoms with Crippen molar-refractivity contribution in [2.24, 2.45) is 5.14 Å². The van der Waals surface area contributed by atoms with Crippen molar-refractivity contribution in [2.75, 3.05) is 11.1 Å². The molecule has 0 saturated heterocycles. The lowest BCUT2D eigenvalue weighted by molar-refractivity contribution is -0.384. The first kappa shape index (κ1) is 21.7. The molecule has 1 aromatic heterocycles. The zero-order valence-corrected chi connectivity index (χ0v) is 17.8. The SMILES string of the molecule is CCn1c(SCC(=O)Nc2ccc(C)cc2[N+](=O)[O-])nc2cc(S(N)(=O)=O)ccc21. The van der Waals surface area contributed by atoms with Gasteiger partial charge in [0, 0.05) is 12.6 Å². The maximum Gasteiger partial charge on any atom is 0.293 e. The zero-order valence-electron chi connectivity index (χ0n) is 16.2. The van der Waals surface area contributed by atoms with Gasteiger partial charge in [-0.05, 0) is 43.7 Å². The summed E-state index contributed by atoms with van der Waals surface area (Å²) in [6.07, 6.45) is 0. The molecule has 12 heteroatoms. The molecule has 0 bridgehead atoms. The fourth-order valence-corrected chi connectivity index (χ4v) is 4.31. The Hall–Kier alpha value is -2.96. The number of rotatable bonds is 7. The van der Waals surface area contributed by atoms with Crippen LogP contribution in [-0.4, -0.2) is 34.6 Å². The number of carbonyl (C=O) groups excluding carboxylic acids is 1. The third-order valence-corrected chi connectivity index (χ3v) is 6.17. The molecule has 30 heavy (non-hydrogen) atoms. The van der Waals surface area contributed by atoms with E-state index in [2.05, 4.69) is 10.3 Å². The van der Waals surface area contributed by atoms with Crippen LogP contribution in [0, 0.1) is 17.0 Å². The van der Waals surface area contributed by atoms with E-state index in [1.807, 2.05) is 11.5 Å². The summed E-state index contributed by atoms with van der Waals surface area (Å²) in [6.45, 7) is 4.18. The summed E-state index contributed by atoms with van der Waals surface area (Å²) in [6, 6.07) is 8.97. The van der Waals surface area contributed by atoms with E-state index in [1.54, 1.807) is 19.1 Å². The van der Waals surface area contributed by atoms with Crippen LogP contribution in [0.3, 0.4) is 0 Å². The van der Waals surface area contributed by atoms with E-state index < -0.39 is 20.9 Å². The molecule has 158 valence electrons. The molecule has 3 aromatic rings. The molecule has 0 aliphatic carbocycles. The monoisotopic (exact) mass is 449 g/mol. The number of hydrogen-bond acceptors (Lipinski definition) is 7. The summed E-state index contributed by atoms with van der Waals surface area (Å²) in [4.78, 5) is 27.4. The molecule has 0 aliphatic rings. The Balaban J connectivity index is 1.80. The number of benzene rings is 2. The standard InChI is InChI=1S/C18H19N5O5S2/c1-3-22-15-7-5-12(30(19,27)28)9-14(15)21-18(22)29-10-17(24)20-13-6-4-11(2)8-16(13)23(25)26/h4-9H,3,10H2,1-2H3,(H,20,24)(H2,19,27,28). The fourth-order valence-electron chi connectivity index (χ4n) is 2.90. The predicted octanol–water partition coefficient (Wildman–Crippen LogP) is 2.65. The highest BCUT2D eigenvalue weighted by atomic mass is 32.2. The Morgan fingerprint density at radius 2 is 2.03 bits per heavy atom. The number of primary sulfonamides is 1. The number of carbonyl (C=O) groups is 1. The number of sulfonamides is 1. The smallest absolute Gasteiger partial charge is 0.293 e. The van der Waals surface area contributed by atoms with Gasteiger partial charge >= 0.3 is 0 Å². The van der Waals surface area contributed by atoms with Crippen LogP contribution in [0.15, 0.2) is 46.5 Å². The molecular weight excluding hydrogens is 430 g/mol. The maximum absolute atomic E-state index is 12.4. The second kappa shape index (κ2) is 8.42. The van der Waals surface area contributed by atoms with Crippen LogP contribution in [0.25, 0.3) is 11.0 Å². The molecule has 1 heterocycles. The average Bonchev–Trinajstić information content (AvgIpc) is 3.03. The molecule has 10 nitrogen and oxygen atoms in total. The number of thioether (sulfide) groups is 1. The molecule has 0 radical (unpaired) electrons. The number of hydrogen-bond donors (Lipinski definition) is 2. The zero-order chi connectivity index (χ0) is 22.1. The second-order valence-electron chi connectivity index (χ2n) is 6.45. The Bertz CT molecular complexity index is 1250. The number of aryl methyl sites for hydroxylation is 2. The van der Waals surface area contributed by atoms with Crippen molar-refractivity contribution in [2.45, 2.75) is 30.4 Å². The van der Waals surface area contributed by atoms with Gasteiger partial charge in [-0.25, -0.2) is 18.5 Å². The third kappa shape index (κ3) is 4.61. The number of amides is 1. The number of nitrogens with zero attached hydrogens (tertiary/aromatic N) is 3. The normalized spacial score (nSPS) is 11.6. The lowest BCUT2D eigenvalue weighted by Crippen LogP contribution is -2.15. The van der Waals surface area contributed by atoms with Crippen LogP contribution in [0.5, 0.6) is 0 Å². The Morgan fingerprint density at radius 3 is 2.67 bits per heavy atom. The average molecular weight is 450 g/mol. The highest BCUT2D eigenvalue weighted by Crippen LogP contribution is 2.28. The van der Waals surface area contributed by atoms with Crippen LogP contribution in [-0.2, 0) is 21.4 Å². The van der Waals surface area contributed by atoms with Gasteiger partial charge in [0.2, 0.25) is 15.9 Å². The van der Waals surface area contributed by atoms with Crippen LogP contribution in [0.2, 0.25) is 0 Å². The molecule has 3 N–H and O–H groups in total. The first-order valence-corrected chi connectivity index (χ1v) is 11.3. The van der Waals surface area contributed by atoms with Gasteiger partial charge in [-0.3, -0.25) is 14.9 Å². The highest BCUT2D eigenvalue weighted by Gasteiger charge is 2.18. The minimum absolute atomic E-state index is 0.0314. The van der Waals surface area contributed by atoms with Crippen molar-refractivity contribution < 1.29 is 18.1 Å². The van der Waals surface area contributed by atoms with Crippen LogP contribution < -0.4 is 10.5 Å². The summed E-state index contributed by atoms with van der Waals surface area (Å²) in [5.41, 5.74) is 1.81. The predicted molar refractivity (Wildman–Crippen MR) is 114 cm³/mol. The summed E-state index contributed by atoms with van der Waals surface area (Å²) in [7, 11) is -3.85. The maximum atomic E-state index is 12.4. The molecule has 0 atom stereocenters. The number of aromatic nitrogens is 2. The van der Waals surface area contributed by atoms with Gasteiger partial charge in [-0.2, -0.15) is 0 Å². The lowest BCUT2D eigenvalue weighted by atomic mass is 10.2. The van der Waals surface area contributed by atoms with Crippen LogP contribution in [0.1, 0.15) is 12.5 Å². The summed E-state index contributed by atoms with van der Waals surface area (Å²) < 4.78 is 25.0. The summed E-state index contributed by atoms with van der Waals surface area (Å²) in [5.74, 6) is -0.456. The molecule has 0 aliphatic heterocycles. The molecule has 2 aromatic carbocycles. The van der Waals surface area contributed by atoms with E-state index in [4.69, 9.17) is 5.14 Å². The third-order valence-electron chi connectivity index (χ3n) is 4.29. The molecule has 3 rings (SSSR count). The molecule has 0 spiro atoms. The second-order valence-corrected chi connectivity index (χ2v) is 8.95. The van der Waals surface area contributed by atoms with Crippen molar-refractivity contribution in [3.8, 4) is 0 Å². The lowest BCUT2D eigenvalue weighted by Gasteiger charge is -2.08. The van der Waals surface area contributed by atoms with E-state index in [1.165, 1.54) is 24.3 Å². The molecular formula is C18H19N5O5S2. The number of nitro groups is 1. The van der Waals surface area contributed by atoms with Crippen molar-refractivity contribution in [1.82, 2.24) is 9.55 Å². The van der Waals surface area contributed by atoms with E-state index in [9.17, 15) is 23.3 Å². The number of imidazole rings is 1. The van der Waals surface area contributed by atoms with Crippen molar-refractivity contribution in [1.29, 1.82) is 0 Å². The van der Waals surface area contributed by atoms with Gasteiger partial charge in [0.15, 0.2) is 5.16 Å². The number of fused-ring (bicyclic) bond motifs is 1. The molecule has 0 unspecified atom stereocenters. The number of anilines is 1. The van der Waals surface area contributed by atoms with E-state index in [-0.39, 0.29) is 22.0 Å². The first-order valence-electron chi connectivity index (χ1n) is 8.81. The first-order chi connectivity index (χ1) is 14.1. The Labute approximate surface area is 176 Å².